The highest BCUT2D eigenvalue weighted by atomic mass is 17.2. The molecule has 4 rings (SSSR count). The average molecular weight is 355 g/mol. The first-order valence-electron chi connectivity index (χ1n) is 8.58. The van der Waals surface area contributed by atoms with E-state index in [1.807, 2.05) is 72.8 Å². The molecule has 0 saturated carbocycles. The van der Waals surface area contributed by atoms with Gasteiger partial charge in [-0.3, -0.25) is 14.6 Å². The molecule has 4 aromatic carbocycles. The summed E-state index contributed by atoms with van der Waals surface area (Å²) in [5.74, 6) is 0.643. The number of anilines is 1. The first-order chi connectivity index (χ1) is 13.3. The maximum atomic E-state index is 12.6. The van der Waals surface area contributed by atoms with Gasteiger partial charge >= 0.3 is 0 Å². The van der Waals surface area contributed by atoms with Gasteiger partial charge in [-0.15, -0.1) is 0 Å². The summed E-state index contributed by atoms with van der Waals surface area (Å²) in [5.41, 5.74) is 1.11. The summed E-state index contributed by atoms with van der Waals surface area (Å²) in [5, 5.41) is 5.01. The van der Waals surface area contributed by atoms with E-state index >= 15 is 0 Å². The lowest BCUT2D eigenvalue weighted by atomic mass is 10.1. The molecule has 0 heterocycles. The first-order valence-corrected chi connectivity index (χ1v) is 8.58. The third-order valence-electron chi connectivity index (χ3n) is 4.11. The number of nitrogens with one attached hydrogen (secondary N) is 1. The summed E-state index contributed by atoms with van der Waals surface area (Å²) in [4.78, 5) is 23.5. The molecular formula is C23H17NO3. The Bertz CT molecular complexity index is 1080. The summed E-state index contributed by atoms with van der Waals surface area (Å²) in [7, 11) is 0. The van der Waals surface area contributed by atoms with Gasteiger partial charge in [0.05, 0.1) is 5.56 Å². The molecule has 132 valence electrons. The highest BCUT2D eigenvalue weighted by molar-refractivity contribution is 6.06. The van der Waals surface area contributed by atoms with Gasteiger partial charge in [0.2, 0.25) is 0 Å². The van der Waals surface area contributed by atoms with Crippen LogP contribution in [0, 0.1) is 0 Å². The average Bonchev–Trinajstić information content (AvgIpc) is 2.73. The van der Waals surface area contributed by atoms with Crippen LogP contribution in [-0.2, 0) is 0 Å². The lowest BCUT2D eigenvalue weighted by Gasteiger charge is -2.11. The van der Waals surface area contributed by atoms with Gasteiger partial charge in [0.15, 0.2) is 11.5 Å². The maximum absolute atomic E-state index is 12.6. The predicted molar refractivity (Wildman–Crippen MR) is 106 cm³/mol. The van der Waals surface area contributed by atoms with E-state index in [1.54, 1.807) is 24.3 Å². The van der Waals surface area contributed by atoms with E-state index in [0.717, 1.165) is 10.8 Å². The zero-order chi connectivity index (χ0) is 18.5. The Kier molecular flexibility index (Phi) is 4.70. The summed E-state index contributed by atoms with van der Waals surface area (Å²) in [6, 6.07) is 29.9. The molecule has 0 unspecified atom stereocenters. The Labute approximate surface area is 156 Å². The molecule has 0 aromatic heterocycles. The molecule has 0 radical (unpaired) electrons. The molecule has 0 spiro atoms. The Morgan fingerprint density at radius 1 is 0.667 bits per heavy atom. The Hall–Kier alpha value is -3.79. The second-order valence-electron chi connectivity index (χ2n) is 5.99. The molecule has 4 aromatic rings. The van der Waals surface area contributed by atoms with E-state index in [2.05, 4.69) is 5.32 Å². The van der Waals surface area contributed by atoms with Crippen molar-refractivity contribution < 1.29 is 14.6 Å². The van der Waals surface area contributed by atoms with Crippen molar-refractivity contribution in [3.05, 3.63) is 103 Å². The van der Waals surface area contributed by atoms with Crippen molar-refractivity contribution in [2.24, 2.45) is 0 Å². The van der Waals surface area contributed by atoms with Gasteiger partial charge in [0.1, 0.15) is 0 Å². The lowest BCUT2D eigenvalue weighted by Crippen LogP contribution is -2.14. The number of hydrogen-bond acceptors (Lipinski definition) is 3. The SMILES string of the molecule is O=C(Nc1ccccc1)c1ccccc1OOc1ccc2ccccc2c1. The van der Waals surface area contributed by atoms with E-state index in [0.29, 0.717) is 22.7 Å². The van der Waals surface area contributed by atoms with Crippen molar-refractivity contribution in [1.82, 2.24) is 0 Å². The summed E-state index contributed by atoms with van der Waals surface area (Å²) < 4.78 is 0. The topological polar surface area (TPSA) is 47.6 Å². The highest BCUT2D eigenvalue weighted by Crippen LogP contribution is 2.24. The largest absolute Gasteiger partial charge is 0.322 e. The van der Waals surface area contributed by atoms with Crippen molar-refractivity contribution in [2.45, 2.75) is 0 Å². The van der Waals surface area contributed by atoms with Crippen LogP contribution < -0.4 is 15.1 Å². The molecule has 0 aliphatic heterocycles. The number of amides is 1. The second kappa shape index (κ2) is 7.62. The van der Waals surface area contributed by atoms with Gasteiger partial charge in [-0.1, -0.05) is 60.7 Å². The molecule has 27 heavy (non-hydrogen) atoms. The monoisotopic (exact) mass is 355 g/mol. The second-order valence-corrected chi connectivity index (χ2v) is 5.99. The number of hydrogen-bond donors (Lipinski definition) is 1. The minimum Gasteiger partial charge on any atom is -0.322 e. The fourth-order valence-electron chi connectivity index (χ4n) is 2.76. The first kappa shape index (κ1) is 16.7. The molecule has 0 atom stereocenters. The van der Waals surface area contributed by atoms with Crippen LogP contribution in [0.4, 0.5) is 5.69 Å². The van der Waals surface area contributed by atoms with Gasteiger partial charge < -0.3 is 5.32 Å². The van der Waals surface area contributed by atoms with Crippen LogP contribution in [0.15, 0.2) is 97.1 Å². The predicted octanol–water partition coefficient (Wildman–Crippen LogP) is 5.46. The number of para-hydroxylation sites is 2. The van der Waals surface area contributed by atoms with Crippen LogP contribution in [-0.4, -0.2) is 5.91 Å². The van der Waals surface area contributed by atoms with E-state index in [9.17, 15) is 4.79 Å². The molecule has 0 fully saturated rings. The van der Waals surface area contributed by atoms with Crippen molar-refractivity contribution in [1.29, 1.82) is 0 Å². The third kappa shape index (κ3) is 3.90. The zero-order valence-corrected chi connectivity index (χ0v) is 14.5. The molecule has 0 saturated heterocycles. The Morgan fingerprint density at radius 2 is 1.37 bits per heavy atom. The van der Waals surface area contributed by atoms with Gasteiger partial charge in [0, 0.05) is 5.69 Å². The number of carbonyl (C=O) groups excluding carboxylic acids is 1. The van der Waals surface area contributed by atoms with Crippen LogP contribution in [0.5, 0.6) is 11.5 Å². The molecule has 0 bridgehead atoms. The molecule has 0 aliphatic carbocycles. The van der Waals surface area contributed by atoms with Crippen LogP contribution in [0.2, 0.25) is 0 Å². The van der Waals surface area contributed by atoms with Crippen LogP contribution >= 0.6 is 0 Å². The molecule has 1 amide bonds. The normalized spacial score (nSPS) is 10.4. The Morgan fingerprint density at radius 3 is 2.22 bits per heavy atom. The van der Waals surface area contributed by atoms with Crippen molar-refractivity contribution in [2.75, 3.05) is 5.32 Å². The van der Waals surface area contributed by atoms with E-state index in [1.165, 1.54) is 0 Å². The standard InChI is InChI=1S/C23H17NO3/c25-23(24-19-10-2-1-3-11-19)21-12-6-7-13-22(21)27-26-20-15-14-17-8-4-5-9-18(17)16-20/h1-16H,(H,24,25). The van der Waals surface area contributed by atoms with Gasteiger partial charge in [-0.05, 0) is 47.2 Å². The number of benzene rings is 4. The van der Waals surface area contributed by atoms with E-state index in [-0.39, 0.29) is 5.91 Å². The van der Waals surface area contributed by atoms with Crippen LogP contribution in [0.3, 0.4) is 0 Å². The van der Waals surface area contributed by atoms with Crippen LogP contribution in [0.1, 0.15) is 10.4 Å². The van der Waals surface area contributed by atoms with Crippen molar-refractivity contribution in [3.63, 3.8) is 0 Å². The van der Waals surface area contributed by atoms with Gasteiger partial charge in [0.25, 0.3) is 5.91 Å². The molecule has 0 aliphatic rings. The summed E-state index contributed by atoms with van der Waals surface area (Å²) >= 11 is 0. The fraction of sp³-hybridized carbons (Fsp3) is 0. The third-order valence-corrected chi connectivity index (χ3v) is 4.11. The summed E-state index contributed by atoms with van der Waals surface area (Å²) in [6.45, 7) is 0. The minimum atomic E-state index is -0.265. The quantitative estimate of drug-likeness (QED) is 0.382. The highest BCUT2D eigenvalue weighted by Gasteiger charge is 2.14. The van der Waals surface area contributed by atoms with Crippen molar-refractivity contribution in [3.8, 4) is 11.5 Å². The summed E-state index contributed by atoms with van der Waals surface area (Å²) in [6.07, 6.45) is 0. The number of rotatable bonds is 5. The number of fused-ring (bicyclic) bond motifs is 1. The number of carbonyl (C=O) groups is 1. The lowest BCUT2D eigenvalue weighted by molar-refractivity contribution is -0.100. The smallest absolute Gasteiger partial charge is 0.259 e. The van der Waals surface area contributed by atoms with Gasteiger partial charge in [-0.2, -0.15) is 0 Å². The fourth-order valence-corrected chi connectivity index (χ4v) is 2.76. The molecule has 4 nitrogen and oxygen atoms in total. The van der Waals surface area contributed by atoms with Crippen LogP contribution in [0.25, 0.3) is 10.8 Å². The van der Waals surface area contributed by atoms with Crippen molar-refractivity contribution >= 4 is 22.4 Å². The minimum absolute atomic E-state index is 0.265. The Balaban J connectivity index is 1.51. The van der Waals surface area contributed by atoms with E-state index in [4.69, 9.17) is 9.78 Å². The van der Waals surface area contributed by atoms with Gasteiger partial charge in [-0.25, -0.2) is 0 Å². The van der Waals surface area contributed by atoms with E-state index < -0.39 is 0 Å². The molecule has 4 heteroatoms. The molecular weight excluding hydrogens is 338 g/mol. The molecule has 1 N–H and O–H groups in total. The maximum Gasteiger partial charge on any atom is 0.259 e. The zero-order valence-electron chi connectivity index (χ0n) is 14.5.